The van der Waals surface area contributed by atoms with E-state index in [9.17, 15) is 15.0 Å². The summed E-state index contributed by atoms with van der Waals surface area (Å²) in [6, 6.07) is 6.36. The Hall–Kier alpha value is -1.95. The maximum atomic E-state index is 12.2. The van der Waals surface area contributed by atoms with Gasteiger partial charge in [0.15, 0.2) is 5.69 Å². The van der Waals surface area contributed by atoms with Crippen molar-refractivity contribution >= 4 is 17.4 Å². The minimum atomic E-state index is -1.26. The van der Waals surface area contributed by atoms with E-state index in [-0.39, 0.29) is 0 Å². The molecule has 0 aromatic heterocycles. The summed E-state index contributed by atoms with van der Waals surface area (Å²) in [5.41, 5.74) is 1.05. The molecule has 1 aliphatic heterocycles. The van der Waals surface area contributed by atoms with Gasteiger partial charge in [-0.15, -0.1) is 4.48 Å². The van der Waals surface area contributed by atoms with E-state index in [0.717, 1.165) is 0 Å². The lowest BCUT2D eigenvalue weighted by atomic mass is 10.2. The number of quaternary nitrogens is 1. The Morgan fingerprint density at radius 2 is 1.72 bits per heavy atom. The number of hydrogen-bond acceptors (Lipinski definition) is 3. The highest BCUT2D eigenvalue weighted by Gasteiger charge is 2.55. The lowest BCUT2D eigenvalue weighted by Gasteiger charge is -2.35. The number of fused-ring (bicyclic) bond motifs is 1. The van der Waals surface area contributed by atoms with E-state index in [4.69, 9.17) is 0 Å². The zero-order valence-corrected chi connectivity index (χ0v) is 9.78. The molecule has 2 rings (SSSR count). The third-order valence-corrected chi connectivity index (χ3v) is 3.14. The van der Waals surface area contributed by atoms with Crippen LogP contribution in [0.1, 0.15) is 0 Å². The highest BCUT2D eigenvalue weighted by molar-refractivity contribution is 6.08. The zero-order valence-electron chi connectivity index (χ0n) is 9.78. The molecule has 0 saturated heterocycles. The van der Waals surface area contributed by atoms with Crippen LogP contribution in [0, 0.1) is 0 Å². The van der Waals surface area contributed by atoms with Crippen LogP contribution in [-0.4, -0.2) is 28.7 Å². The predicted molar refractivity (Wildman–Crippen MR) is 69.7 cm³/mol. The maximum Gasteiger partial charge on any atom is 0.431 e. The molecule has 2 amide bonds. The molecule has 0 saturated carbocycles. The van der Waals surface area contributed by atoms with E-state index < -0.39 is 23.0 Å². The van der Waals surface area contributed by atoms with E-state index in [1.54, 1.807) is 24.3 Å². The standard InChI is InChI=1S/C13H14N2O3/c1-3-11(16)15(12(17)4-2)10-8-6-5-7-9(10)14-13(15)18/h3-8,11-12,16-17H,1-2H2/p+1. The highest BCUT2D eigenvalue weighted by Crippen LogP contribution is 2.42. The summed E-state index contributed by atoms with van der Waals surface area (Å²) in [6.07, 6.45) is -0.0914. The molecule has 2 atom stereocenters. The van der Waals surface area contributed by atoms with Crippen LogP contribution in [0.4, 0.5) is 16.2 Å². The molecule has 94 valence electrons. The smallest absolute Gasteiger partial charge is 0.341 e. The summed E-state index contributed by atoms with van der Waals surface area (Å²) in [5, 5.41) is 22.9. The van der Waals surface area contributed by atoms with Gasteiger partial charge in [-0.1, -0.05) is 25.3 Å². The van der Waals surface area contributed by atoms with Gasteiger partial charge in [0.25, 0.3) is 0 Å². The first-order valence-electron chi connectivity index (χ1n) is 5.49. The van der Waals surface area contributed by atoms with Gasteiger partial charge in [0.05, 0.1) is 0 Å². The first-order chi connectivity index (χ1) is 8.58. The quantitative estimate of drug-likeness (QED) is 0.558. The molecule has 5 heteroatoms. The van der Waals surface area contributed by atoms with Crippen molar-refractivity contribution in [1.82, 2.24) is 4.48 Å². The topological polar surface area (TPSA) is 69.6 Å². The molecular weight excluding hydrogens is 232 g/mol. The van der Waals surface area contributed by atoms with Gasteiger partial charge in [-0.2, -0.15) is 0 Å². The number of hydrogen-bond donors (Lipinski definition) is 3. The Balaban J connectivity index is 2.70. The van der Waals surface area contributed by atoms with Crippen molar-refractivity contribution in [3.05, 3.63) is 49.6 Å². The monoisotopic (exact) mass is 247 g/mol. The normalized spacial score (nSPS) is 24.9. The summed E-state index contributed by atoms with van der Waals surface area (Å²) >= 11 is 0. The minimum Gasteiger partial charge on any atom is -0.341 e. The summed E-state index contributed by atoms with van der Waals surface area (Å²) in [4.78, 5) is 12.2. The summed E-state index contributed by atoms with van der Waals surface area (Å²) in [5.74, 6) is 0. The fourth-order valence-electron chi connectivity index (χ4n) is 2.23. The van der Waals surface area contributed by atoms with Crippen molar-refractivity contribution in [2.75, 3.05) is 5.32 Å². The van der Waals surface area contributed by atoms with E-state index in [1.807, 2.05) is 0 Å². The molecule has 5 nitrogen and oxygen atoms in total. The number of nitrogens with zero attached hydrogens (tertiary/aromatic N) is 1. The van der Waals surface area contributed by atoms with Crippen molar-refractivity contribution < 1.29 is 15.0 Å². The molecule has 3 N–H and O–H groups in total. The van der Waals surface area contributed by atoms with E-state index >= 15 is 0 Å². The Morgan fingerprint density at radius 1 is 1.17 bits per heavy atom. The largest absolute Gasteiger partial charge is 0.431 e. The van der Waals surface area contributed by atoms with Crippen molar-refractivity contribution in [1.29, 1.82) is 0 Å². The summed E-state index contributed by atoms with van der Waals surface area (Å²) in [7, 11) is 0. The lowest BCUT2D eigenvalue weighted by Crippen LogP contribution is -2.64. The second kappa shape index (κ2) is 4.38. The average molecular weight is 247 g/mol. The van der Waals surface area contributed by atoms with Crippen LogP contribution in [0.5, 0.6) is 0 Å². The number of anilines is 1. The van der Waals surface area contributed by atoms with Gasteiger partial charge >= 0.3 is 6.03 Å². The Kier molecular flexibility index (Phi) is 3.04. The lowest BCUT2D eigenvalue weighted by molar-refractivity contribution is -0.0118. The molecule has 1 heterocycles. The molecule has 0 aliphatic carbocycles. The zero-order chi connectivity index (χ0) is 13.3. The van der Waals surface area contributed by atoms with Gasteiger partial charge in [0.2, 0.25) is 12.5 Å². The van der Waals surface area contributed by atoms with Crippen LogP contribution in [0.3, 0.4) is 0 Å². The second-order valence-electron chi connectivity index (χ2n) is 4.02. The minimum absolute atomic E-state index is 0.488. The van der Waals surface area contributed by atoms with Crippen LogP contribution in [-0.2, 0) is 0 Å². The van der Waals surface area contributed by atoms with Crippen LogP contribution in [0.15, 0.2) is 49.6 Å². The number of amides is 2. The first kappa shape index (κ1) is 12.5. The molecular formula is C13H15N2O3+. The van der Waals surface area contributed by atoms with Crippen molar-refractivity contribution in [2.45, 2.75) is 12.5 Å². The molecule has 18 heavy (non-hydrogen) atoms. The van der Waals surface area contributed by atoms with Crippen molar-refractivity contribution in [3.63, 3.8) is 0 Å². The van der Waals surface area contributed by atoms with Crippen LogP contribution in [0.2, 0.25) is 0 Å². The Morgan fingerprint density at radius 3 is 2.28 bits per heavy atom. The Labute approximate surface area is 105 Å². The Bertz CT molecular complexity index is 499. The number of rotatable bonds is 4. The van der Waals surface area contributed by atoms with E-state index in [2.05, 4.69) is 18.5 Å². The van der Waals surface area contributed by atoms with Gasteiger partial charge < -0.3 is 10.2 Å². The predicted octanol–water partition coefficient (Wildman–Crippen LogP) is 1.55. The van der Waals surface area contributed by atoms with Gasteiger partial charge in [-0.3, -0.25) is 5.32 Å². The third kappa shape index (κ3) is 1.42. The third-order valence-electron chi connectivity index (χ3n) is 3.14. The number of aliphatic hydroxyl groups excluding tert-OH is 2. The fraction of sp³-hybridized carbons (Fsp3) is 0.154. The SMILES string of the molecule is C=CC(O)[N+]1(C(O)C=C)C(=O)Nc2ccccc21. The van der Waals surface area contributed by atoms with Crippen LogP contribution in [0.25, 0.3) is 0 Å². The van der Waals surface area contributed by atoms with Gasteiger partial charge in [0.1, 0.15) is 5.69 Å². The van der Waals surface area contributed by atoms with E-state index in [0.29, 0.717) is 11.4 Å². The molecule has 0 bridgehead atoms. The number of carbonyl (C=O) groups is 1. The second-order valence-corrected chi connectivity index (χ2v) is 4.02. The van der Waals surface area contributed by atoms with Gasteiger partial charge in [-0.05, 0) is 18.2 Å². The van der Waals surface area contributed by atoms with Crippen LogP contribution < -0.4 is 9.80 Å². The molecule has 0 spiro atoms. The number of aliphatic hydroxyl groups is 2. The molecule has 0 fully saturated rings. The summed E-state index contributed by atoms with van der Waals surface area (Å²) in [6.45, 7) is 6.97. The number of urea groups is 1. The molecule has 2 unspecified atom stereocenters. The number of benzene rings is 1. The molecule has 1 aliphatic rings. The van der Waals surface area contributed by atoms with Crippen molar-refractivity contribution in [2.24, 2.45) is 0 Å². The van der Waals surface area contributed by atoms with Gasteiger partial charge in [0, 0.05) is 6.07 Å². The molecule has 1 aromatic carbocycles. The number of nitrogens with one attached hydrogen (secondary N) is 1. The number of para-hydroxylation sites is 2. The molecule has 0 radical (unpaired) electrons. The van der Waals surface area contributed by atoms with Crippen molar-refractivity contribution in [3.8, 4) is 0 Å². The summed E-state index contributed by atoms with van der Waals surface area (Å²) < 4.78 is -0.677. The molecule has 1 aromatic rings. The van der Waals surface area contributed by atoms with Crippen LogP contribution >= 0.6 is 0 Å². The first-order valence-corrected chi connectivity index (χ1v) is 5.49. The highest BCUT2D eigenvalue weighted by atomic mass is 16.3. The van der Waals surface area contributed by atoms with E-state index in [1.165, 1.54) is 12.2 Å². The average Bonchev–Trinajstić information content (AvgIpc) is 2.70. The fourth-order valence-corrected chi connectivity index (χ4v) is 2.23. The maximum absolute atomic E-state index is 12.2. The van der Waals surface area contributed by atoms with Gasteiger partial charge in [-0.25, -0.2) is 4.79 Å². The number of carbonyl (C=O) groups excluding carboxylic acids is 1.